The molecule has 2 heterocycles. The van der Waals surface area contributed by atoms with Crippen molar-refractivity contribution in [2.24, 2.45) is 0 Å². The number of nitrogen functional groups attached to an aromatic ring is 1. The van der Waals surface area contributed by atoms with Crippen LogP contribution in [-0.4, -0.2) is 19.4 Å². The van der Waals surface area contributed by atoms with E-state index in [2.05, 4.69) is 14.7 Å². The number of hydrogen-bond donors (Lipinski definition) is 1. The number of benzene rings is 1. The van der Waals surface area contributed by atoms with Gasteiger partial charge < -0.3 is 5.73 Å². The molecular formula is C10H9N5S. The van der Waals surface area contributed by atoms with E-state index in [4.69, 9.17) is 5.73 Å². The number of nitrogens with two attached hydrogens (primary N) is 1. The number of rotatable bonds is 2. The van der Waals surface area contributed by atoms with E-state index in [0.29, 0.717) is 11.5 Å². The molecule has 3 aromatic rings. The highest BCUT2D eigenvalue weighted by Crippen LogP contribution is 2.17. The average Bonchev–Trinajstić information content (AvgIpc) is 2.88. The number of para-hydroxylation sites is 1. The van der Waals surface area contributed by atoms with Crippen LogP contribution in [0.3, 0.4) is 0 Å². The summed E-state index contributed by atoms with van der Waals surface area (Å²) in [6.45, 7) is 0.565. The molecule has 1 aromatic carbocycles. The first kappa shape index (κ1) is 9.29. The van der Waals surface area contributed by atoms with Crippen LogP contribution >= 0.6 is 11.5 Å². The summed E-state index contributed by atoms with van der Waals surface area (Å²) < 4.78 is 5.69. The van der Waals surface area contributed by atoms with Gasteiger partial charge in [-0.25, -0.2) is 0 Å². The van der Waals surface area contributed by atoms with Crippen molar-refractivity contribution in [3.05, 3.63) is 36.2 Å². The van der Waals surface area contributed by atoms with Crippen LogP contribution in [-0.2, 0) is 6.54 Å². The van der Waals surface area contributed by atoms with Crippen LogP contribution in [0.2, 0.25) is 0 Å². The van der Waals surface area contributed by atoms with Crippen molar-refractivity contribution in [2.45, 2.75) is 6.54 Å². The Kier molecular flexibility index (Phi) is 2.07. The van der Waals surface area contributed by atoms with Gasteiger partial charge in [0.25, 0.3) is 0 Å². The van der Waals surface area contributed by atoms with Crippen molar-refractivity contribution in [2.75, 3.05) is 5.73 Å². The van der Waals surface area contributed by atoms with Crippen LogP contribution in [0.4, 0.5) is 5.00 Å². The Labute approximate surface area is 95.7 Å². The molecule has 0 aliphatic rings. The molecule has 0 saturated carbocycles. The van der Waals surface area contributed by atoms with E-state index in [1.54, 1.807) is 0 Å². The lowest BCUT2D eigenvalue weighted by Crippen LogP contribution is -2.03. The molecule has 0 saturated heterocycles. The van der Waals surface area contributed by atoms with Crippen molar-refractivity contribution in [3.8, 4) is 0 Å². The SMILES string of the molecule is Nc1snnc1Cn1ncc2ccccc21. The Hall–Kier alpha value is -1.95. The van der Waals surface area contributed by atoms with Crippen LogP contribution in [0.25, 0.3) is 10.9 Å². The zero-order valence-corrected chi connectivity index (χ0v) is 9.18. The molecule has 0 radical (unpaired) electrons. The zero-order chi connectivity index (χ0) is 11.0. The third-order valence-electron chi connectivity index (χ3n) is 2.44. The fourth-order valence-corrected chi connectivity index (χ4v) is 2.06. The van der Waals surface area contributed by atoms with Gasteiger partial charge in [0, 0.05) is 16.9 Å². The summed E-state index contributed by atoms with van der Waals surface area (Å²) in [6.07, 6.45) is 1.84. The van der Waals surface area contributed by atoms with Gasteiger partial charge in [0.2, 0.25) is 0 Å². The predicted molar refractivity (Wildman–Crippen MR) is 63.2 cm³/mol. The van der Waals surface area contributed by atoms with Crippen molar-refractivity contribution in [1.82, 2.24) is 19.4 Å². The lowest BCUT2D eigenvalue weighted by Gasteiger charge is -2.00. The van der Waals surface area contributed by atoms with Crippen LogP contribution in [0, 0.1) is 0 Å². The summed E-state index contributed by atoms with van der Waals surface area (Å²) in [6, 6.07) is 8.04. The Bertz CT molecular complexity index is 627. The first-order valence-corrected chi connectivity index (χ1v) is 5.59. The topological polar surface area (TPSA) is 69.6 Å². The van der Waals surface area contributed by atoms with E-state index in [-0.39, 0.29) is 0 Å². The van der Waals surface area contributed by atoms with Crippen molar-refractivity contribution in [1.29, 1.82) is 0 Å². The summed E-state index contributed by atoms with van der Waals surface area (Å²) in [5.74, 6) is 0. The third-order valence-corrected chi connectivity index (χ3v) is 3.03. The van der Waals surface area contributed by atoms with Gasteiger partial charge in [-0.15, -0.1) is 5.10 Å². The third kappa shape index (κ3) is 1.43. The van der Waals surface area contributed by atoms with E-state index in [1.807, 2.05) is 35.1 Å². The quantitative estimate of drug-likeness (QED) is 0.726. The van der Waals surface area contributed by atoms with Crippen molar-refractivity contribution < 1.29 is 0 Å². The minimum atomic E-state index is 0.565. The fraction of sp³-hybridized carbons (Fsp3) is 0.100. The van der Waals surface area contributed by atoms with Gasteiger partial charge >= 0.3 is 0 Å². The minimum absolute atomic E-state index is 0.565. The van der Waals surface area contributed by atoms with Gasteiger partial charge in [-0.3, -0.25) is 4.68 Å². The maximum Gasteiger partial charge on any atom is 0.132 e. The Balaban J connectivity index is 2.04. The smallest absolute Gasteiger partial charge is 0.132 e. The molecule has 2 aromatic heterocycles. The van der Waals surface area contributed by atoms with Gasteiger partial charge in [0.15, 0.2) is 0 Å². The lowest BCUT2D eigenvalue weighted by molar-refractivity contribution is 0.695. The Morgan fingerprint density at radius 2 is 2.19 bits per heavy atom. The van der Waals surface area contributed by atoms with Gasteiger partial charge in [-0.2, -0.15) is 5.10 Å². The summed E-state index contributed by atoms with van der Waals surface area (Å²) in [5.41, 5.74) is 7.61. The summed E-state index contributed by atoms with van der Waals surface area (Å²) in [5, 5.41) is 10.1. The standard InChI is InChI=1S/C10H9N5S/c11-10-8(13-14-16-10)6-15-9-4-2-1-3-7(9)5-12-15/h1-5H,6,11H2. The molecule has 0 unspecified atom stereocenters. The minimum Gasteiger partial charge on any atom is -0.388 e. The molecule has 5 nitrogen and oxygen atoms in total. The largest absolute Gasteiger partial charge is 0.388 e. The molecule has 0 fully saturated rings. The first-order chi connectivity index (χ1) is 7.84. The molecule has 6 heteroatoms. The number of anilines is 1. The molecule has 80 valence electrons. The maximum atomic E-state index is 5.75. The number of nitrogens with zero attached hydrogens (tertiary/aromatic N) is 4. The molecule has 0 amide bonds. The molecule has 0 aliphatic carbocycles. The highest BCUT2D eigenvalue weighted by Gasteiger charge is 2.07. The van der Waals surface area contributed by atoms with Crippen LogP contribution in [0.5, 0.6) is 0 Å². The Morgan fingerprint density at radius 1 is 1.31 bits per heavy atom. The lowest BCUT2D eigenvalue weighted by atomic mass is 10.2. The second kappa shape index (κ2) is 3.57. The van der Waals surface area contributed by atoms with E-state index in [1.165, 1.54) is 11.5 Å². The summed E-state index contributed by atoms with van der Waals surface area (Å²) >= 11 is 1.21. The molecule has 0 bridgehead atoms. The molecular weight excluding hydrogens is 222 g/mol. The number of aromatic nitrogens is 4. The van der Waals surface area contributed by atoms with E-state index in [9.17, 15) is 0 Å². The summed E-state index contributed by atoms with van der Waals surface area (Å²) in [4.78, 5) is 0. The number of hydrogen-bond acceptors (Lipinski definition) is 5. The van der Waals surface area contributed by atoms with E-state index in [0.717, 1.165) is 16.6 Å². The van der Waals surface area contributed by atoms with Crippen molar-refractivity contribution in [3.63, 3.8) is 0 Å². The monoisotopic (exact) mass is 231 g/mol. The second-order valence-corrected chi connectivity index (χ2v) is 4.23. The molecule has 0 atom stereocenters. The van der Waals surface area contributed by atoms with Gasteiger partial charge in [0.05, 0.1) is 18.3 Å². The van der Waals surface area contributed by atoms with Gasteiger partial charge in [-0.1, -0.05) is 22.7 Å². The summed E-state index contributed by atoms with van der Waals surface area (Å²) in [7, 11) is 0. The molecule has 2 N–H and O–H groups in total. The number of fused-ring (bicyclic) bond motifs is 1. The van der Waals surface area contributed by atoms with E-state index >= 15 is 0 Å². The highest BCUT2D eigenvalue weighted by molar-refractivity contribution is 7.09. The normalized spacial score (nSPS) is 11.0. The first-order valence-electron chi connectivity index (χ1n) is 4.82. The molecule has 0 aliphatic heterocycles. The molecule has 16 heavy (non-hydrogen) atoms. The Morgan fingerprint density at radius 3 is 3.00 bits per heavy atom. The maximum absolute atomic E-state index is 5.75. The van der Waals surface area contributed by atoms with Gasteiger partial charge in [-0.05, 0) is 6.07 Å². The van der Waals surface area contributed by atoms with Crippen molar-refractivity contribution >= 4 is 27.4 Å². The fourth-order valence-electron chi connectivity index (χ4n) is 1.62. The van der Waals surface area contributed by atoms with Crippen LogP contribution < -0.4 is 5.73 Å². The molecule has 3 rings (SSSR count). The predicted octanol–water partition coefficient (Wildman–Crippen LogP) is 1.52. The van der Waals surface area contributed by atoms with Crippen LogP contribution in [0.15, 0.2) is 30.5 Å². The van der Waals surface area contributed by atoms with Crippen LogP contribution in [0.1, 0.15) is 5.69 Å². The molecule has 0 spiro atoms. The van der Waals surface area contributed by atoms with E-state index < -0.39 is 0 Å². The van der Waals surface area contributed by atoms with Gasteiger partial charge in [0.1, 0.15) is 10.7 Å². The highest BCUT2D eigenvalue weighted by atomic mass is 32.1. The second-order valence-electron chi connectivity index (χ2n) is 3.44. The zero-order valence-electron chi connectivity index (χ0n) is 8.37. The average molecular weight is 231 g/mol.